The van der Waals surface area contributed by atoms with Gasteiger partial charge in [0.1, 0.15) is 13.1 Å². The zero-order valence-corrected chi connectivity index (χ0v) is 16.7. The van der Waals surface area contributed by atoms with Gasteiger partial charge in [-0.15, -0.1) is 0 Å². The fourth-order valence-electron chi connectivity index (χ4n) is 2.72. The van der Waals surface area contributed by atoms with Crippen molar-refractivity contribution in [1.29, 1.82) is 0 Å². The quantitative estimate of drug-likeness (QED) is 0.414. The van der Waals surface area contributed by atoms with E-state index in [9.17, 15) is 22.8 Å². The fraction of sp³-hybridized carbons (Fsp3) is 0.158. The van der Waals surface area contributed by atoms with Gasteiger partial charge in [-0.3, -0.25) is 23.3 Å². The van der Waals surface area contributed by atoms with Crippen molar-refractivity contribution in [2.45, 2.75) is 6.54 Å². The van der Waals surface area contributed by atoms with Crippen LogP contribution in [0.1, 0.15) is 0 Å². The van der Waals surface area contributed by atoms with Crippen LogP contribution in [-0.4, -0.2) is 43.5 Å². The first-order valence-electron chi connectivity index (χ1n) is 8.72. The maximum absolute atomic E-state index is 12.5. The van der Waals surface area contributed by atoms with Crippen molar-refractivity contribution in [2.75, 3.05) is 23.3 Å². The number of methoxy groups -OCH3 is 1. The molecule has 30 heavy (non-hydrogen) atoms. The molecule has 156 valence electrons. The first kappa shape index (κ1) is 21.0. The maximum atomic E-state index is 12.5. The first-order chi connectivity index (χ1) is 14.4. The predicted molar refractivity (Wildman–Crippen MR) is 111 cm³/mol. The van der Waals surface area contributed by atoms with Gasteiger partial charge in [0.2, 0.25) is 16.8 Å². The standard InChI is InChI=1S/C19H18N4O6S/c1-29-18(25)11-23(30(27)28)14-8-6-13(7-9-14)21-17(24)10-22-12-20-16-5-3-2-4-15(16)19(22)26/h2-9,12,30H,10-11H2,1H3,(H,21,24). The van der Waals surface area contributed by atoms with Crippen LogP contribution in [0.4, 0.5) is 11.4 Å². The molecule has 11 heteroatoms. The molecule has 0 saturated carbocycles. The summed E-state index contributed by atoms with van der Waals surface area (Å²) in [5.41, 5.74) is 0.848. The summed E-state index contributed by atoms with van der Waals surface area (Å²) >= 11 is 0. The normalized spacial score (nSPS) is 10.7. The van der Waals surface area contributed by atoms with E-state index in [1.165, 1.54) is 35.2 Å². The molecule has 0 unspecified atom stereocenters. The zero-order valence-electron chi connectivity index (χ0n) is 15.8. The smallest absolute Gasteiger partial charge is 0.326 e. The molecule has 1 N–H and O–H groups in total. The van der Waals surface area contributed by atoms with Crippen LogP contribution >= 0.6 is 0 Å². The highest BCUT2D eigenvalue weighted by molar-refractivity contribution is 7.74. The third kappa shape index (κ3) is 4.81. The molecule has 0 aliphatic heterocycles. The minimum absolute atomic E-state index is 0.237. The number of fused-ring (bicyclic) bond motifs is 1. The highest BCUT2D eigenvalue weighted by atomic mass is 32.2. The van der Waals surface area contributed by atoms with Crippen LogP contribution in [-0.2, 0) is 31.8 Å². The van der Waals surface area contributed by atoms with Crippen molar-refractivity contribution in [3.8, 4) is 0 Å². The number of ether oxygens (including phenoxy) is 1. The number of esters is 1. The molecular weight excluding hydrogens is 412 g/mol. The number of rotatable bonds is 7. The molecule has 0 bridgehead atoms. The van der Waals surface area contributed by atoms with Crippen LogP contribution in [0, 0.1) is 0 Å². The zero-order chi connectivity index (χ0) is 21.7. The lowest BCUT2D eigenvalue weighted by atomic mass is 10.2. The van der Waals surface area contributed by atoms with Crippen molar-refractivity contribution in [2.24, 2.45) is 0 Å². The van der Waals surface area contributed by atoms with Crippen molar-refractivity contribution in [3.05, 3.63) is 65.2 Å². The van der Waals surface area contributed by atoms with Crippen LogP contribution in [0.15, 0.2) is 59.7 Å². The van der Waals surface area contributed by atoms with E-state index in [0.29, 0.717) is 16.6 Å². The van der Waals surface area contributed by atoms with Gasteiger partial charge in [0.05, 0.1) is 30.0 Å². The summed E-state index contributed by atoms with van der Waals surface area (Å²) in [6.45, 7) is -0.696. The molecule has 2 aromatic carbocycles. The molecule has 1 amide bonds. The molecular formula is C19H18N4O6S. The summed E-state index contributed by atoms with van der Waals surface area (Å²) in [7, 11) is -1.90. The Balaban J connectivity index is 1.71. The Morgan fingerprint density at radius 1 is 1.13 bits per heavy atom. The average molecular weight is 430 g/mol. The van der Waals surface area contributed by atoms with Crippen molar-refractivity contribution in [3.63, 3.8) is 0 Å². The number of amides is 1. The summed E-state index contributed by atoms with van der Waals surface area (Å²) in [6, 6.07) is 12.7. The van der Waals surface area contributed by atoms with E-state index < -0.39 is 29.3 Å². The second-order valence-corrected chi connectivity index (χ2v) is 7.12. The van der Waals surface area contributed by atoms with Gasteiger partial charge in [0.15, 0.2) is 0 Å². The summed E-state index contributed by atoms with van der Waals surface area (Å²) in [4.78, 5) is 40.3. The fourth-order valence-corrected chi connectivity index (χ4v) is 3.27. The molecule has 0 fully saturated rings. The van der Waals surface area contributed by atoms with Crippen LogP contribution in [0.2, 0.25) is 0 Å². The number of hydrogen-bond donors (Lipinski definition) is 2. The number of carbonyl (C=O) groups excluding carboxylic acids is 2. The van der Waals surface area contributed by atoms with E-state index in [0.717, 1.165) is 11.4 Å². The highest BCUT2D eigenvalue weighted by Gasteiger charge is 2.14. The van der Waals surface area contributed by atoms with E-state index in [4.69, 9.17) is 0 Å². The number of benzene rings is 2. The molecule has 1 aromatic heterocycles. The molecule has 0 saturated heterocycles. The second kappa shape index (κ2) is 9.18. The number of anilines is 2. The second-order valence-electron chi connectivity index (χ2n) is 6.16. The van der Waals surface area contributed by atoms with Crippen molar-refractivity contribution < 1.29 is 22.7 Å². The van der Waals surface area contributed by atoms with Gasteiger partial charge in [-0.2, -0.15) is 0 Å². The molecule has 0 aliphatic rings. The van der Waals surface area contributed by atoms with Gasteiger partial charge >= 0.3 is 5.97 Å². The number of para-hydroxylation sites is 1. The summed E-state index contributed by atoms with van der Waals surface area (Å²) in [5.74, 6) is -1.16. The Hall–Kier alpha value is -3.73. The number of aromatic nitrogens is 2. The van der Waals surface area contributed by atoms with Gasteiger partial charge in [-0.05, 0) is 36.4 Å². The highest BCUT2D eigenvalue weighted by Crippen LogP contribution is 2.18. The Labute approximate surface area is 172 Å². The SMILES string of the molecule is COC(=O)CN(c1ccc(NC(=O)Cn2cnc3ccccc3c2=O)cc1)[SH](=O)=O. The van der Waals surface area contributed by atoms with Gasteiger partial charge < -0.3 is 10.1 Å². The lowest BCUT2D eigenvalue weighted by Gasteiger charge is -2.16. The third-order valence-corrected chi connectivity index (χ3v) is 4.96. The minimum Gasteiger partial charge on any atom is -0.468 e. The van der Waals surface area contributed by atoms with Crippen LogP contribution in [0.3, 0.4) is 0 Å². The van der Waals surface area contributed by atoms with Gasteiger partial charge in [-0.25, -0.2) is 13.4 Å². The Bertz CT molecular complexity index is 1210. The topological polar surface area (TPSA) is 128 Å². The molecule has 0 aliphatic carbocycles. The predicted octanol–water partition coefficient (Wildman–Crippen LogP) is 0.541. The molecule has 10 nitrogen and oxygen atoms in total. The van der Waals surface area contributed by atoms with Crippen molar-refractivity contribution in [1.82, 2.24) is 9.55 Å². The Morgan fingerprint density at radius 2 is 1.83 bits per heavy atom. The van der Waals surface area contributed by atoms with E-state index in [1.54, 1.807) is 24.3 Å². The average Bonchev–Trinajstić information content (AvgIpc) is 2.74. The van der Waals surface area contributed by atoms with E-state index in [-0.39, 0.29) is 17.8 Å². The lowest BCUT2D eigenvalue weighted by Crippen LogP contribution is -2.29. The summed E-state index contributed by atoms with van der Waals surface area (Å²) in [5, 5.41) is 3.04. The van der Waals surface area contributed by atoms with E-state index in [2.05, 4.69) is 15.0 Å². The number of nitrogens with one attached hydrogen (secondary N) is 1. The van der Waals surface area contributed by atoms with E-state index >= 15 is 0 Å². The number of nitrogens with zero attached hydrogens (tertiary/aromatic N) is 3. The first-order valence-corrected chi connectivity index (χ1v) is 9.85. The molecule has 0 spiro atoms. The van der Waals surface area contributed by atoms with Crippen LogP contribution < -0.4 is 15.2 Å². The minimum atomic E-state index is -3.06. The summed E-state index contributed by atoms with van der Waals surface area (Å²) in [6.07, 6.45) is 1.31. The maximum Gasteiger partial charge on any atom is 0.326 e. The van der Waals surface area contributed by atoms with Crippen molar-refractivity contribution >= 4 is 45.0 Å². The molecule has 0 radical (unpaired) electrons. The third-order valence-electron chi connectivity index (χ3n) is 4.20. The number of thiol groups is 1. The van der Waals surface area contributed by atoms with Crippen LogP contribution in [0.5, 0.6) is 0 Å². The molecule has 3 aromatic rings. The van der Waals surface area contributed by atoms with Gasteiger partial charge in [0.25, 0.3) is 5.56 Å². The van der Waals surface area contributed by atoms with Gasteiger partial charge in [0, 0.05) is 5.69 Å². The number of hydrogen-bond acceptors (Lipinski definition) is 7. The largest absolute Gasteiger partial charge is 0.468 e. The van der Waals surface area contributed by atoms with Gasteiger partial charge in [-0.1, -0.05) is 12.1 Å². The van der Waals surface area contributed by atoms with Crippen LogP contribution in [0.25, 0.3) is 10.9 Å². The molecule has 0 atom stereocenters. The molecule has 1 heterocycles. The molecule has 3 rings (SSSR count). The number of carbonyl (C=O) groups is 2. The summed E-state index contributed by atoms with van der Waals surface area (Å²) < 4.78 is 29.3. The lowest BCUT2D eigenvalue weighted by molar-refractivity contribution is -0.138. The monoisotopic (exact) mass is 430 g/mol. The Kier molecular flexibility index (Phi) is 6.42. The van der Waals surface area contributed by atoms with E-state index in [1.807, 2.05) is 0 Å². The Morgan fingerprint density at radius 3 is 2.50 bits per heavy atom.